The molecule has 0 bridgehead atoms. The molecule has 0 unspecified atom stereocenters. The van der Waals surface area contributed by atoms with Crippen molar-refractivity contribution in [3.05, 3.63) is 35.1 Å². The molecule has 0 fully saturated rings. The minimum atomic E-state index is -1.22. The predicted octanol–water partition coefficient (Wildman–Crippen LogP) is 2.69. The van der Waals surface area contributed by atoms with Gasteiger partial charge in [0.1, 0.15) is 5.82 Å². The molecule has 0 spiro atoms. The molecule has 0 aliphatic rings. The number of rotatable bonds is 6. The van der Waals surface area contributed by atoms with Crippen LogP contribution in [0.2, 0.25) is 0 Å². The smallest absolute Gasteiger partial charge is 0.335 e. The summed E-state index contributed by atoms with van der Waals surface area (Å²) in [5.41, 5.74) is -0.302. The number of carboxylic acid groups (broad SMARTS) is 1. The van der Waals surface area contributed by atoms with Gasteiger partial charge in [-0.1, -0.05) is 13.8 Å². The lowest BCUT2D eigenvalue weighted by Gasteiger charge is -2.08. The van der Waals surface area contributed by atoms with E-state index < -0.39 is 17.7 Å². The van der Waals surface area contributed by atoms with Crippen LogP contribution in [0, 0.1) is 11.7 Å². The van der Waals surface area contributed by atoms with E-state index in [-0.39, 0.29) is 11.1 Å². The molecule has 0 aliphatic heterocycles. The zero-order valence-electron chi connectivity index (χ0n) is 11.1. The van der Waals surface area contributed by atoms with Crippen LogP contribution < -0.4 is 5.32 Å². The van der Waals surface area contributed by atoms with Crippen molar-refractivity contribution in [2.75, 3.05) is 6.54 Å². The Labute approximate surface area is 111 Å². The van der Waals surface area contributed by atoms with Crippen molar-refractivity contribution in [3.8, 4) is 0 Å². The first-order valence-corrected chi connectivity index (χ1v) is 6.23. The maximum Gasteiger partial charge on any atom is 0.335 e. The number of halogens is 1. The van der Waals surface area contributed by atoms with Gasteiger partial charge in [-0.05, 0) is 37.0 Å². The fraction of sp³-hybridized carbons (Fsp3) is 0.429. The van der Waals surface area contributed by atoms with E-state index in [0.717, 1.165) is 18.9 Å². The summed E-state index contributed by atoms with van der Waals surface area (Å²) in [5.74, 6) is -1.99. The lowest BCUT2D eigenvalue weighted by Crippen LogP contribution is -2.25. The number of hydrogen-bond acceptors (Lipinski definition) is 2. The van der Waals surface area contributed by atoms with Crippen molar-refractivity contribution in [2.45, 2.75) is 26.7 Å². The van der Waals surface area contributed by atoms with E-state index >= 15 is 0 Å². The number of carbonyl (C=O) groups is 2. The van der Waals surface area contributed by atoms with Gasteiger partial charge in [-0.3, -0.25) is 4.79 Å². The van der Waals surface area contributed by atoms with Crippen LogP contribution in [0.15, 0.2) is 18.2 Å². The predicted molar refractivity (Wildman–Crippen MR) is 69.8 cm³/mol. The summed E-state index contributed by atoms with van der Waals surface area (Å²) in [6.45, 7) is 4.66. The van der Waals surface area contributed by atoms with Crippen LogP contribution >= 0.6 is 0 Å². The Morgan fingerprint density at radius 3 is 2.58 bits per heavy atom. The second kappa shape index (κ2) is 6.87. The number of carboxylic acids is 1. The van der Waals surface area contributed by atoms with Gasteiger partial charge in [0.25, 0.3) is 5.91 Å². The maximum absolute atomic E-state index is 13.6. The van der Waals surface area contributed by atoms with Crippen molar-refractivity contribution >= 4 is 11.9 Å². The lowest BCUT2D eigenvalue weighted by molar-refractivity contribution is 0.0695. The molecule has 0 saturated carbocycles. The third-order valence-electron chi connectivity index (χ3n) is 2.70. The third kappa shape index (κ3) is 4.69. The fourth-order valence-electron chi connectivity index (χ4n) is 1.64. The Balaban J connectivity index is 2.60. The van der Waals surface area contributed by atoms with Crippen molar-refractivity contribution in [1.29, 1.82) is 0 Å². The standard InChI is InChI=1S/C14H18FNO3/c1-9(2)4-3-7-16-13(17)11-6-5-10(14(18)19)8-12(11)15/h5-6,8-9H,3-4,7H2,1-2H3,(H,16,17)(H,18,19). The van der Waals surface area contributed by atoms with E-state index in [9.17, 15) is 14.0 Å². The van der Waals surface area contributed by atoms with Gasteiger partial charge in [0, 0.05) is 6.54 Å². The Bertz CT molecular complexity index is 472. The monoisotopic (exact) mass is 267 g/mol. The molecule has 0 heterocycles. The highest BCUT2D eigenvalue weighted by molar-refractivity contribution is 5.96. The minimum absolute atomic E-state index is 0.130. The molecule has 0 radical (unpaired) electrons. The average molecular weight is 267 g/mol. The number of carbonyl (C=O) groups excluding carboxylic acids is 1. The molecular weight excluding hydrogens is 249 g/mol. The molecule has 1 rings (SSSR count). The highest BCUT2D eigenvalue weighted by Gasteiger charge is 2.13. The number of aromatic carboxylic acids is 1. The van der Waals surface area contributed by atoms with Crippen molar-refractivity contribution in [1.82, 2.24) is 5.32 Å². The van der Waals surface area contributed by atoms with Crippen LogP contribution in [0.4, 0.5) is 4.39 Å². The van der Waals surface area contributed by atoms with Crippen LogP contribution in [-0.2, 0) is 0 Å². The molecule has 0 saturated heterocycles. The van der Waals surface area contributed by atoms with Gasteiger partial charge in [-0.25, -0.2) is 9.18 Å². The molecule has 19 heavy (non-hydrogen) atoms. The van der Waals surface area contributed by atoms with E-state index in [1.54, 1.807) is 0 Å². The summed E-state index contributed by atoms with van der Waals surface area (Å²) in [6.07, 6.45) is 1.82. The zero-order chi connectivity index (χ0) is 14.4. The molecule has 4 nitrogen and oxygen atoms in total. The highest BCUT2D eigenvalue weighted by atomic mass is 19.1. The topological polar surface area (TPSA) is 66.4 Å². The van der Waals surface area contributed by atoms with Crippen LogP contribution in [0.25, 0.3) is 0 Å². The molecule has 1 amide bonds. The molecule has 1 aromatic carbocycles. The van der Waals surface area contributed by atoms with Gasteiger partial charge in [0.05, 0.1) is 11.1 Å². The van der Waals surface area contributed by atoms with Gasteiger partial charge >= 0.3 is 5.97 Å². The number of nitrogens with one attached hydrogen (secondary N) is 1. The van der Waals surface area contributed by atoms with Crippen molar-refractivity contribution < 1.29 is 19.1 Å². The molecule has 104 valence electrons. The van der Waals surface area contributed by atoms with E-state index in [1.807, 2.05) is 0 Å². The quantitative estimate of drug-likeness (QED) is 0.779. The van der Waals surface area contributed by atoms with Gasteiger partial charge in [-0.2, -0.15) is 0 Å². The third-order valence-corrected chi connectivity index (χ3v) is 2.70. The van der Waals surface area contributed by atoms with Gasteiger partial charge in [0.2, 0.25) is 0 Å². The molecule has 0 aromatic heterocycles. The SMILES string of the molecule is CC(C)CCCNC(=O)c1ccc(C(=O)O)cc1F. The molecule has 5 heteroatoms. The molecule has 0 atom stereocenters. The fourth-order valence-corrected chi connectivity index (χ4v) is 1.64. The van der Waals surface area contributed by atoms with Crippen LogP contribution in [0.1, 0.15) is 47.4 Å². The van der Waals surface area contributed by atoms with E-state index in [0.29, 0.717) is 12.5 Å². The maximum atomic E-state index is 13.6. The van der Waals surface area contributed by atoms with Crippen LogP contribution in [0.5, 0.6) is 0 Å². The Hall–Kier alpha value is -1.91. The summed E-state index contributed by atoms with van der Waals surface area (Å²) in [5, 5.41) is 11.3. The zero-order valence-corrected chi connectivity index (χ0v) is 11.1. The summed E-state index contributed by atoms with van der Waals surface area (Å²) < 4.78 is 13.6. The van der Waals surface area contributed by atoms with Gasteiger partial charge in [0.15, 0.2) is 0 Å². The normalized spacial score (nSPS) is 10.5. The summed E-state index contributed by atoms with van der Waals surface area (Å²) in [4.78, 5) is 22.3. The van der Waals surface area contributed by atoms with Crippen LogP contribution in [-0.4, -0.2) is 23.5 Å². The van der Waals surface area contributed by atoms with Crippen molar-refractivity contribution in [2.24, 2.45) is 5.92 Å². The Morgan fingerprint density at radius 2 is 2.05 bits per heavy atom. The molecule has 2 N–H and O–H groups in total. The Kier molecular flexibility index (Phi) is 5.48. The summed E-state index contributed by atoms with van der Waals surface area (Å²) >= 11 is 0. The number of benzene rings is 1. The van der Waals surface area contributed by atoms with E-state index in [2.05, 4.69) is 19.2 Å². The summed E-state index contributed by atoms with van der Waals surface area (Å²) in [7, 11) is 0. The molecule has 1 aromatic rings. The first kappa shape index (κ1) is 15.1. The highest BCUT2D eigenvalue weighted by Crippen LogP contribution is 2.11. The summed E-state index contributed by atoms with van der Waals surface area (Å²) in [6, 6.07) is 3.26. The first-order chi connectivity index (χ1) is 8.91. The first-order valence-electron chi connectivity index (χ1n) is 6.23. The minimum Gasteiger partial charge on any atom is -0.478 e. The van der Waals surface area contributed by atoms with Crippen molar-refractivity contribution in [3.63, 3.8) is 0 Å². The second-order valence-corrected chi connectivity index (χ2v) is 4.79. The van der Waals surface area contributed by atoms with E-state index in [4.69, 9.17) is 5.11 Å². The largest absolute Gasteiger partial charge is 0.478 e. The van der Waals surface area contributed by atoms with Crippen LogP contribution in [0.3, 0.4) is 0 Å². The number of hydrogen-bond donors (Lipinski definition) is 2. The van der Waals surface area contributed by atoms with Gasteiger partial charge in [-0.15, -0.1) is 0 Å². The number of amides is 1. The van der Waals surface area contributed by atoms with E-state index in [1.165, 1.54) is 12.1 Å². The molecular formula is C14H18FNO3. The average Bonchev–Trinajstić information content (AvgIpc) is 2.33. The molecule has 0 aliphatic carbocycles. The van der Waals surface area contributed by atoms with Gasteiger partial charge < -0.3 is 10.4 Å². The lowest BCUT2D eigenvalue weighted by atomic mass is 10.1. The second-order valence-electron chi connectivity index (χ2n) is 4.79. The Morgan fingerprint density at radius 1 is 1.37 bits per heavy atom.